The number of hydrogen-bond donors (Lipinski definition) is 1. The van der Waals surface area contributed by atoms with Crippen LogP contribution in [-0.4, -0.2) is 22.7 Å². The van der Waals surface area contributed by atoms with Crippen LogP contribution in [0.5, 0.6) is 5.75 Å². The summed E-state index contributed by atoms with van der Waals surface area (Å²) in [5.74, 6) is 1.99. The standard InChI is InChI=1S/C20H19N3O3/c1-12-16(13(2)26-23-12)11-20(24)22-19-5-3-4-17(21-19)14-6-7-18-15(10-14)8-9-25-18/h3-7,10H,8-9,11H2,1-2H3,(H,21,22,24). The average molecular weight is 349 g/mol. The number of hydrogen-bond acceptors (Lipinski definition) is 5. The Balaban J connectivity index is 1.52. The summed E-state index contributed by atoms with van der Waals surface area (Å²) in [7, 11) is 0. The lowest BCUT2D eigenvalue weighted by molar-refractivity contribution is -0.115. The Morgan fingerprint density at radius 2 is 2.12 bits per heavy atom. The van der Waals surface area contributed by atoms with Gasteiger partial charge in [-0.25, -0.2) is 4.98 Å². The Morgan fingerprint density at radius 1 is 1.23 bits per heavy atom. The van der Waals surface area contributed by atoms with E-state index in [0.29, 0.717) is 11.6 Å². The number of rotatable bonds is 4. The van der Waals surface area contributed by atoms with E-state index in [9.17, 15) is 4.79 Å². The third-order valence-corrected chi connectivity index (χ3v) is 4.52. The first-order chi connectivity index (χ1) is 12.6. The Hall–Kier alpha value is -3.15. The predicted molar refractivity (Wildman–Crippen MR) is 97.2 cm³/mol. The molecule has 6 heteroatoms. The lowest BCUT2D eigenvalue weighted by atomic mass is 10.1. The first-order valence-corrected chi connectivity index (χ1v) is 8.55. The number of ether oxygens (including phenoxy) is 1. The summed E-state index contributed by atoms with van der Waals surface area (Å²) < 4.78 is 10.6. The molecular formula is C20H19N3O3. The van der Waals surface area contributed by atoms with Crippen LogP contribution in [0.3, 0.4) is 0 Å². The summed E-state index contributed by atoms with van der Waals surface area (Å²) in [6.45, 7) is 4.36. The second-order valence-electron chi connectivity index (χ2n) is 6.36. The topological polar surface area (TPSA) is 77.2 Å². The molecule has 0 saturated carbocycles. The largest absolute Gasteiger partial charge is 0.493 e. The van der Waals surface area contributed by atoms with Crippen molar-refractivity contribution in [1.82, 2.24) is 10.1 Å². The van der Waals surface area contributed by atoms with Crippen molar-refractivity contribution in [2.24, 2.45) is 0 Å². The Labute approximate surface area is 151 Å². The van der Waals surface area contributed by atoms with Crippen molar-refractivity contribution in [3.05, 3.63) is 59.0 Å². The lowest BCUT2D eigenvalue weighted by Gasteiger charge is -2.08. The molecule has 0 unspecified atom stereocenters. The number of aryl methyl sites for hydroxylation is 2. The molecule has 0 radical (unpaired) electrons. The highest BCUT2D eigenvalue weighted by molar-refractivity contribution is 5.91. The van der Waals surface area contributed by atoms with E-state index in [-0.39, 0.29) is 12.3 Å². The molecule has 4 rings (SSSR count). The molecule has 3 aromatic rings. The number of nitrogens with zero attached hydrogens (tertiary/aromatic N) is 2. The number of benzene rings is 1. The minimum atomic E-state index is -0.147. The van der Waals surface area contributed by atoms with E-state index in [1.807, 2.05) is 31.2 Å². The lowest BCUT2D eigenvalue weighted by Crippen LogP contribution is -2.16. The molecule has 3 heterocycles. The van der Waals surface area contributed by atoms with Gasteiger partial charge in [-0.1, -0.05) is 11.2 Å². The number of aromatic nitrogens is 2. The zero-order valence-corrected chi connectivity index (χ0v) is 14.7. The molecule has 0 atom stereocenters. The number of amides is 1. The van der Waals surface area contributed by atoms with Gasteiger partial charge in [-0.3, -0.25) is 4.79 Å². The third-order valence-electron chi connectivity index (χ3n) is 4.52. The second kappa shape index (κ2) is 6.63. The quantitative estimate of drug-likeness (QED) is 0.780. The van der Waals surface area contributed by atoms with Gasteiger partial charge in [-0.2, -0.15) is 0 Å². The van der Waals surface area contributed by atoms with Gasteiger partial charge < -0.3 is 14.6 Å². The fraction of sp³-hybridized carbons (Fsp3) is 0.250. The van der Waals surface area contributed by atoms with E-state index >= 15 is 0 Å². The molecule has 2 aromatic heterocycles. The van der Waals surface area contributed by atoms with E-state index in [1.165, 1.54) is 5.56 Å². The van der Waals surface area contributed by atoms with E-state index in [2.05, 4.69) is 21.5 Å². The van der Waals surface area contributed by atoms with Crippen LogP contribution in [0.4, 0.5) is 5.82 Å². The first-order valence-electron chi connectivity index (χ1n) is 8.55. The molecule has 6 nitrogen and oxygen atoms in total. The number of anilines is 1. The van der Waals surface area contributed by atoms with Crippen molar-refractivity contribution in [2.75, 3.05) is 11.9 Å². The summed E-state index contributed by atoms with van der Waals surface area (Å²) in [6, 6.07) is 11.7. The molecule has 1 aromatic carbocycles. The number of fused-ring (bicyclic) bond motifs is 1. The maximum Gasteiger partial charge on any atom is 0.230 e. The fourth-order valence-electron chi connectivity index (χ4n) is 3.11. The zero-order valence-electron chi connectivity index (χ0n) is 14.7. The van der Waals surface area contributed by atoms with Gasteiger partial charge in [-0.15, -0.1) is 0 Å². The molecule has 1 amide bonds. The third kappa shape index (κ3) is 3.18. The van der Waals surface area contributed by atoms with E-state index in [4.69, 9.17) is 9.26 Å². The number of nitrogens with one attached hydrogen (secondary N) is 1. The van der Waals surface area contributed by atoms with Gasteiger partial charge in [0.2, 0.25) is 5.91 Å². The number of carbonyl (C=O) groups is 1. The predicted octanol–water partition coefficient (Wildman–Crippen LogP) is 3.47. The van der Waals surface area contributed by atoms with Crippen LogP contribution in [0.25, 0.3) is 11.3 Å². The smallest absolute Gasteiger partial charge is 0.230 e. The fourth-order valence-corrected chi connectivity index (χ4v) is 3.11. The van der Waals surface area contributed by atoms with Crippen LogP contribution >= 0.6 is 0 Å². The van der Waals surface area contributed by atoms with Crippen LogP contribution in [0.1, 0.15) is 22.6 Å². The van der Waals surface area contributed by atoms with Gasteiger partial charge in [-0.05, 0) is 49.7 Å². The highest BCUT2D eigenvalue weighted by Gasteiger charge is 2.15. The van der Waals surface area contributed by atoms with Crippen LogP contribution < -0.4 is 10.1 Å². The number of carbonyl (C=O) groups excluding carboxylic acids is 1. The van der Waals surface area contributed by atoms with Crippen molar-refractivity contribution in [3.8, 4) is 17.0 Å². The minimum Gasteiger partial charge on any atom is -0.493 e. The maximum absolute atomic E-state index is 12.3. The molecule has 0 aliphatic carbocycles. The maximum atomic E-state index is 12.3. The van der Waals surface area contributed by atoms with Gasteiger partial charge in [0.05, 0.1) is 24.4 Å². The second-order valence-corrected chi connectivity index (χ2v) is 6.36. The molecule has 1 aliphatic heterocycles. The van der Waals surface area contributed by atoms with Crippen LogP contribution in [-0.2, 0) is 17.6 Å². The summed E-state index contributed by atoms with van der Waals surface area (Å²) in [6.07, 6.45) is 1.13. The summed E-state index contributed by atoms with van der Waals surface area (Å²) >= 11 is 0. The molecule has 0 saturated heterocycles. The molecule has 1 aliphatic rings. The molecule has 26 heavy (non-hydrogen) atoms. The Kier molecular flexibility index (Phi) is 4.16. The molecule has 0 fully saturated rings. The molecule has 132 valence electrons. The van der Waals surface area contributed by atoms with Crippen molar-refractivity contribution in [3.63, 3.8) is 0 Å². The molecule has 1 N–H and O–H groups in total. The number of pyridine rings is 1. The summed E-state index contributed by atoms with van der Waals surface area (Å²) in [5, 5.41) is 6.73. The van der Waals surface area contributed by atoms with Crippen molar-refractivity contribution >= 4 is 11.7 Å². The van der Waals surface area contributed by atoms with Gasteiger partial charge in [0.1, 0.15) is 17.3 Å². The van der Waals surface area contributed by atoms with Gasteiger partial charge >= 0.3 is 0 Å². The Morgan fingerprint density at radius 3 is 2.92 bits per heavy atom. The Bertz CT molecular complexity index is 959. The molecule has 0 bridgehead atoms. The van der Waals surface area contributed by atoms with Gasteiger partial charge in [0.15, 0.2) is 0 Å². The highest BCUT2D eigenvalue weighted by atomic mass is 16.5. The SMILES string of the molecule is Cc1noc(C)c1CC(=O)Nc1cccc(-c2ccc3c(c2)CCO3)n1. The molecular weight excluding hydrogens is 330 g/mol. The normalized spacial score (nSPS) is 12.5. The highest BCUT2D eigenvalue weighted by Crippen LogP contribution is 2.30. The van der Waals surface area contributed by atoms with Gasteiger partial charge in [0, 0.05) is 17.5 Å². The first kappa shape index (κ1) is 16.3. The molecule has 0 spiro atoms. The summed E-state index contributed by atoms with van der Waals surface area (Å²) in [5.41, 5.74) is 4.57. The minimum absolute atomic E-state index is 0.147. The van der Waals surface area contributed by atoms with Crippen molar-refractivity contribution in [2.45, 2.75) is 26.7 Å². The van der Waals surface area contributed by atoms with Crippen LogP contribution in [0.2, 0.25) is 0 Å². The van der Waals surface area contributed by atoms with Crippen molar-refractivity contribution < 1.29 is 14.1 Å². The van der Waals surface area contributed by atoms with Crippen LogP contribution in [0.15, 0.2) is 40.9 Å². The van der Waals surface area contributed by atoms with E-state index in [0.717, 1.165) is 41.3 Å². The van der Waals surface area contributed by atoms with E-state index in [1.54, 1.807) is 13.0 Å². The van der Waals surface area contributed by atoms with Crippen LogP contribution in [0, 0.1) is 13.8 Å². The monoisotopic (exact) mass is 349 g/mol. The van der Waals surface area contributed by atoms with Gasteiger partial charge in [0.25, 0.3) is 0 Å². The average Bonchev–Trinajstić information content (AvgIpc) is 3.23. The zero-order chi connectivity index (χ0) is 18.1. The summed E-state index contributed by atoms with van der Waals surface area (Å²) in [4.78, 5) is 16.9. The van der Waals surface area contributed by atoms with Crippen molar-refractivity contribution in [1.29, 1.82) is 0 Å². The van der Waals surface area contributed by atoms with E-state index < -0.39 is 0 Å².